The van der Waals surface area contributed by atoms with Gasteiger partial charge in [-0.25, -0.2) is 0 Å². The molecule has 0 aliphatic rings. The fourth-order valence-electron chi connectivity index (χ4n) is 2.21. The summed E-state index contributed by atoms with van der Waals surface area (Å²) in [6, 6.07) is 3.99. The van der Waals surface area contributed by atoms with Crippen molar-refractivity contribution in [1.82, 2.24) is 5.32 Å². The van der Waals surface area contributed by atoms with Crippen LogP contribution in [-0.2, 0) is 0 Å². The number of hydrogen-bond donors (Lipinski definition) is 2. The largest absolute Gasteiger partial charge is 0.468 e. The summed E-state index contributed by atoms with van der Waals surface area (Å²) in [5, 5.41) is 13.8. The van der Waals surface area contributed by atoms with Gasteiger partial charge in [-0.05, 0) is 31.9 Å². The smallest absolute Gasteiger partial charge is 0.120 e. The molecule has 0 aliphatic carbocycles. The summed E-state index contributed by atoms with van der Waals surface area (Å²) in [6.07, 6.45) is 5.38. The van der Waals surface area contributed by atoms with Crippen LogP contribution in [0.4, 0.5) is 0 Å². The zero-order valence-electron chi connectivity index (χ0n) is 11.2. The fourth-order valence-corrected chi connectivity index (χ4v) is 2.21. The van der Waals surface area contributed by atoms with E-state index in [0.717, 1.165) is 31.4 Å². The van der Waals surface area contributed by atoms with E-state index in [1.54, 1.807) is 6.26 Å². The first-order chi connectivity index (χ1) is 8.11. The van der Waals surface area contributed by atoms with E-state index >= 15 is 0 Å². The van der Waals surface area contributed by atoms with Gasteiger partial charge >= 0.3 is 0 Å². The van der Waals surface area contributed by atoms with Crippen molar-refractivity contribution in [3.63, 3.8) is 0 Å². The third-order valence-electron chi connectivity index (χ3n) is 3.14. The molecule has 0 radical (unpaired) electrons. The molecule has 1 unspecified atom stereocenters. The summed E-state index contributed by atoms with van der Waals surface area (Å²) in [4.78, 5) is 0. The summed E-state index contributed by atoms with van der Waals surface area (Å²) in [7, 11) is 0. The Balaban J connectivity index is 2.46. The van der Waals surface area contributed by atoms with Gasteiger partial charge in [-0.1, -0.05) is 26.7 Å². The molecule has 1 aromatic rings. The lowest BCUT2D eigenvalue weighted by Crippen LogP contribution is -2.41. The summed E-state index contributed by atoms with van der Waals surface area (Å²) in [5.41, 5.74) is -0.579. The van der Waals surface area contributed by atoms with Crippen LogP contribution < -0.4 is 5.32 Å². The second-order valence-corrected chi connectivity index (χ2v) is 4.84. The Morgan fingerprint density at radius 2 is 2.00 bits per heavy atom. The van der Waals surface area contributed by atoms with Crippen molar-refractivity contribution in [2.75, 3.05) is 6.54 Å². The third kappa shape index (κ3) is 4.52. The maximum absolute atomic E-state index is 10.5. The number of hydrogen-bond acceptors (Lipinski definition) is 3. The van der Waals surface area contributed by atoms with Gasteiger partial charge in [0.15, 0.2) is 0 Å². The minimum Gasteiger partial charge on any atom is -0.468 e. The normalized spacial score (nSPS) is 13.9. The molecule has 2 N–H and O–H groups in total. The molecular weight excluding hydrogens is 214 g/mol. The molecule has 17 heavy (non-hydrogen) atoms. The molecule has 1 aromatic heterocycles. The van der Waals surface area contributed by atoms with Gasteiger partial charge in [0.05, 0.1) is 17.9 Å². The van der Waals surface area contributed by atoms with Crippen molar-refractivity contribution in [2.45, 2.75) is 58.1 Å². The second-order valence-electron chi connectivity index (χ2n) is 4.84. The molecule has 0 aromatic carbocycles. The summed E-state index contributed by atoms with van der Waals surface area (Å²) in [5.74, 6) is 0.917. The SMILES string of the molecule is CCCC(O)(CCC)CNC(C)c1ccco1. The standard InChI is InChI=1S/C14H25NO2/c1-4-8-14(16,9-5-2)11-15-12(3)13-7-6-10-17-13/h6-7,10,12,15-16H,4-5,8-9,11H2,1-3H3. The van der Waals surface area contributed by atoms with E-state index < -0.39 is 5.60 Å². The van der Waals surface area contributed by atoms with Gasteiger partial charge in [0.2, 0.25) is 0 Å². The first-order valence-corrected chi connectivity index (χ1v) is 6.60. The van der Waals surface area contributed by atoms with E-state index in [2.05, 4.69) is 26.1 Å². The predicted molar refractivity (Wildman–Crippen MR) is 69.9 cm³/mol. The van der Waals surface area contributed by atoms with Crippen molar-refractivity contribution < 1.29 is 9.52 Å². The van der Waals surface area contributed by atoms with Crippen molar-refractivity contribution in [2.24, 2.45) is 0 Å². The van der Waals surface area contributed by atoms with Crippen LogP contribution in [0.25, 0.3) is 0 Å². The third-order valence-corrected chi connectivity index (χ3v) is 3.14. The van der Waals surface area contributed by atoms with Crippen LogP contribution in [0.1, 0.15) is 58.3 Å². The summed E-state index contributed by atoms with van der Waals surface area (Å²) in [6.45, 7) is 6.89. The molecule has 1 rings (SSSR count). The fraction of sp³-hybridized carbons (Fsp3) is 0.714. The molecule has 0 amide bonds. The van der Waals surface area contributed by atoms with E-state index in [1.165, 1.54) is 0 Å². The molecule has 0 spiro atoms. The zero-order valence-corrected chi connectivity index (χ0v) is 11.2. The van der Waals surface area contributed by atoms with Crippen LogP contribution in [0.15, 0.2) is 22.8 Å². The molecule has 98 valence electrons. The van der Waals surface area contributed by atoms with E-state index in [0.29, 0.717) is 6.54 Å². The van der Waals surface area contributed by atoms with Gasteiger partial charge in [0, 0.05) is 6.54 Å². The molecule has 0 fully saturated rings. The molecule has 0 saturated carbocycles. The lowest BCUT2D eigenvalue weighted by Gasteiger charge is -2.29. The molecule has 1 heterocycles. The van der Waals surface area contributed by atoms with E-state index in [9.17, 15) is 5.11 Å². The number of rotatable bonds is 8. The lowest BCUT2D eigenvalue weighted by atomic mass is 9.92. The second kappa shape index (κ2) is 6.82. The lowest BCUT2D eigenvalue weighted by molar-refractivity contribution is 0.0191. The number of aliphatic hydroxyl groups is 1. The van der Waals surface area contributed by atoms with Crippen molar-refractivity contribution in [3.05, 3.63) is 24.2 Å². The van der Waals surface area contributed by atoms with Gasteiger partial charge in [-0.15, -0.1) is 0 Å². The van der Waals surface area contributed by atoms with Crippen LogP contribution in [0.5, 0.6) is 0 Å². The average molecular weight is 239 g/mol. The molecule has 0 saturated heterocycles. The van der Waals surface area contributed by atoms with Gasteiger partial charge < -0.3 is 14.8 Å². The van der Waals surface area contributed by atoms with Gasteiger partial charge in [-0.3, -0.25) is 0 Å². The maximum atomic E-state index is 10.5. The van der Waals surface area contributed by atoms with Crippen LogP contribution >= 0.6 is 0 Å². The molecule has 0 bridgehead atoms. The Morgan fingerprint density at radius 3 is 2.47 bits per heavy atom. The van der Waals surface area contributed by atoms with Crippen molar-refractivity contribution in [1.29, 1.82) is 0 Å². The summed E-state index contributed by atoms with van der Waals surface area (Å²) < 4.78 is 5.34. The van der Waals surface area contributed by atoms with E-state index in [4.69, 9.17) is 4.42 Å². The van der Waals surface area contributed by atoms with E-state index in [-0.39, 0.29) is 6.04 Å². The Morgan fingerprint density at radius 1 is 1.35 bits per heavy atom. The highest BCUT2D eigenvalue weighted by Crippen LogP contribution is 2.20. The van der Waals surface area contributed by atoms with Gasteiger partial charge in [0.25, 0.3) is 0 Å². The van der Waals surface area contributed by atoms with Gasteiger partial charge in [0.1, 0.15) is 5.76 Å². The minimum absolute atomic E-state index is 0.144. The number of nitrogens with one attached hydrogen (secondary N) is 1. The zero-order chi connectivity index (χ0) is 12.7. The molecule has 1 atom stereocenters. The van der Waals surface area contributed by atoms with Crippen LogP contribution in [0.3, 0.4) is 0 Å². The maximum Gasteiger partial charge on any atom is 0.120 e. The minimum atomic E-state index is -0.579. The Bertz CT molecular complexity index is 289. The van der Waals surface area contributed by atoms with Crippen LogP contribution in [-0.4, -0.2) is 17.3 Å². The number of furan rings is 1. The first-order valence-electron chi connectivity index (χ1n) is 6.60. The Kier molecular flexibility index (Phi) is 5.72. The predicted octanol–water partition coefficient (Wildman–Crippen LogP) is 3.26. The van der Waals surface area contributed by atoms with Crippen molar-refractivity contribution >= 4 is 0 Å². The molecule has 0 aliphatic heterocycles. The van der Waals surface area contributed by atoms with Crippen molar-refractivity contribution in [3.8, 4) is 0 Å². The highest BCUT2D eigenvalue weighted by Gasteiger charge is 2.25. The molecule has 3 heteroatoms. The van der Waals surface area contributed by atoms with Crippen LogP contribution in [0, 0.1) is 0 Å². The van der Waals surface area contributed by atoms with E-state index in [1.807, 2.05) is 12.1 Å². The quantitative estimate of drug-likeness (QED) is 0.732. The Labute approximate surface area is 104 Å². The Hall–Kier alpha value is -0.800. The average Bonchev–Trinajstić information content (AvgIpc) is 2.80. The van der Waals surface area contributed by atoms with Gasteiger partial charge in [-0.2, -0.15) is 0 Å². The summed E-state index contributed by atoms with van der Waals surface area (Å²) >= 11 is 0. The first kappa shape index (κ1) is 14.3. The topological polar surface area (TPSA) is 45.4 Å². The molecular formula is C14H25NO2. The highest BCUT2D eigenvalue weighted by molar-refractivity contribution is 5.03. The monoisotopic (exact) mass is 239 g/mol. The van der Waals surface area contributed by atoms with Crippen LogP contribution in [0.2, 0.25) is 0 Å². The molecule has 3 nitrogen and oxygen atoms in total. The highest BCUT2D eigenvalue weighted by atomic mass is 16.3.